The number of aromatic amines is 2. The summed E-state index contributed by atoms with van der Waals surface area (Å²) in [6.45, 7) is 2.20. The largest absolute Gasteiger partial charge is 0.448 e. The highest BCUT2D eigenvalue weighted by Gasteiger charge is 2.07. The first-order valence-corrected chi connectivity index (χ1v) is 4.48. The van der Waals surface area contributed by atoms with Crippen LogP contribution in [0, 0.1) is 0 Å². The molecule has 0 aliphatic rings. The summed E-state index contributed by atoms with van der Waals surface area (Å²) in [4.78, 5) is 32.9. The second-order valence-electron chi connectivity index (χ2n) is 2.80. The van der Waals surface area contributed by atoms with Crippen molar-refractivity contribution in [1.29, 1.82) is 0 Å². The summed E-state index contributed by atoms with van der Waals surface area (Å²) in [7, 11) is 0. The quantitative estimate of drug-likeness (QED) is 0.580. The Balaban J connectivity index is 2.52. The molecule has 0 spiro atoms. The Labute approximate surface area is 84.2 Å². The van der Waals surface area contributed by atoms with Gasteiger partial charge in [-0.3, -0.25) is 0 Å². The SMILES string of the molecule is CCCCOC(=O)Nn1c(=O)[nH][nH]c1=O. The van der Waals surface area contributed by atoms with E-state index in [1.807, 2.05) is 22.5 Å². The maximum atomic E-state index is 11.0. The Morgan fingerprint density at radius 3 is 2.53 bits per heavy atom. The number of ether oxygens (including phenoxy) is 1. The smallest absolute Gasteiger partial charge is 0.426 e. The van der Waals surface area contributed by atoms with Crippen LogP contribution in [0.5, 0.6) is 0 Å². The van der Waals surface area contributed by atoms with Gasteiger partial charge in [-0.15, -0.1) is 4.68 Å². The molecular weight excluding hydrogens is 204 g/mol. The lowest BCUT2D eigenvalue weighted by Crippen LogP contribution is -2.38. The first-order chi connectivity index (χ1) is 7.15. The van der Waals surface area contributed by atoms with Crippen molar-refractivity contribution in [3.63, 3.8) is 0 Å². The van der Waals surface area contributed by atoms with E-state index in [1.54, 1.807) is 0 Å². The van der Waals surface area contributed by atoms with Gasteiger partial charge in [0.25, 0.3) is 0 Å². The van der Waals surface area contributed by atoms with E-state index in [2.05, 4.69) is 4.74 Å². The summed E-state index contributed by atoms with van der Waals surface area (Å²) < 4.78 is 5.18. The van der Waals surface area contributed by atoms with Crippen LogP contribution in [0.2, 0.25) is 0 Å². The van der Waals surface area contributed by atoms with E-state index in [0.717, 1.165) is 12.8 Å². The fourth-order valence-corrected chi connectivity index (χ4v) is 0.845. The Morgan fingerprint density at radius 2 is 2.00 bits per heavy atom. The average Bonchev–Trinajstić information content (AvgIpc) is 2.50. The number of nitrogens with zero attached hydrogens (tertiary/aromatic N) is 1. The van der Waals surface area contributed by atoms with E-state index in [9.17, 15) is 14.4 Å². The van der Waals surface area contributed by atoms with Gasteiger partial charge in [-0.25, -0.2) is 30.0 Å². The second kappa shape index (κ2) is 5.03. The first-order valence-electron chi connectivity index (χ1n) is 4.48. The van der Waals surface area contributed by atoms with Crippen LogP contribution in [0.15, 0.2) is 9.59 Å². The minimum atomic E-state index is -0.837. The van der Waals surface area contributed by atoms with Gasteiger partial charge in [-0.1, -0.05) is 13.3 Å². The molecule has 0 saturated heterocycles. The third kappa shape index (κ3) is 3.01. The van der Waals surface area contributed by atoms with Crippen LogP contribution in [-0.2, 0) is 4.74 Å². The maximum Gasteiger partial charge on any atom is 0.426 e. The van der Waals surface area contributed by atoms with Gasteiger partial charge < -0.3 is 4.74 Å². The summed E-state index contributed by atoms with van der Waals surface area (Å²) >= 11 is 0. The highest BCUT2D eigenvalue weighted by Crippen LogP contribution is 1.88. The van der Waals surface area contributed by atoms with Crippen LogP contribution in [0.1, 0.15) is 19.8 Å². The number of H-pyrrole nitrogens is 2. The number of carbonyl (C=O) groups excluding carboxylic acids is 1. The van der Waals surface area contributed by atoms with Crippen LogP contribution in [0.25, 0.3) is 0 Å². The highest BCUT2D eigenvalue weighted by molar-refractivity contribution is 5.75. The average molecular weight is 216 g/mol. The van der Waals surface area contributed by atoms with Crippen molar-refractivity contribution in [3.05, 3.63) is 21.0 Å². The number of hydrogen-bond acceptors (Lipinski definition) is 4. The van der Waals surface area contributed by atoms with E-state index in [4.69, 9.17) is 0 Å². The molecule has 15 heavy (non-hydrogen) atoms. The molecule has 0 fully saturated rings. The zero-order valence-electron chi connectivity index (χ0n) is 8.20. The van der Waals surface area contributed by atoms with Crippen molar-refractivity contribution in [1.82, 2.24) is 14.9 Å². The van der Waals surface area contributed by atoms with Crippen LogP contribution < -0.4 is 16.8 Å². The third-order valence-corrected chi connectivity index (χ3v) is 1.62. The van der Waals surface area contributed by atoms with Crippen molar-refractivity contribution in [2.75, 3.05) is 12.0 Å². The van der Waals surface area contributed by atoms with Gasteiger partial charge >= 0.3 is 17.5 Å². The fourth-order valence-electron chi connectivity index (χ4n) is 0.845. The van der Waals surface area contributed by atoms with Crippen LogP contribution in [0.4, 0.5) is 4.79 Å². The molecule has 8 nitrogen and oxygen atoms in total. The summed E-state index contributed by atoms with van der Waals surface area (Å²) in [5.74, 6) is 0. The molecule has 1 aromatic rings. The standard InChI is InChI=1S/C7H12N4O4/c1-2-3-4-15-7(14)10-11-5(12)8-9-6(11)13/h2-4H2,1H3,(H,8,12)(H,9,13)(H,10,14). The molecule has 0 aliphatic carbocycles. The number of amides is 1. The van der Waals surface area contributed by atoms with Gasteiger partial charge in [0, 0.05) is 0 Å². The summed E-state index contributed by atoms with van der Waals surface area (Å²) in [5, 5.41) is 4.02. The molecule has 0 bridgehead atoms. The number of nitrogens with one attached hydrogen (secondary N) is 3. The van der Waals surface area contributed by atoms with Crippen LogP contribution >= 0.6 is 0 Å². The van der Waals surface area contributed by atoms with Crippen LogP contribution in [0.3, 0.4) is 0 Å². The van der Waals surface area contributed by atoms with E-state index >= 15 is 0 Å². The van der Waals surface area contributed by atoms with Gasteiger partial charge in [0.05, 0.1) is 6.61 Å². The molecule has 0 radical (unpaired) electrons. The van der Waals surface area contributed by atoms with Crippen molar-refractivity contribution >= 4 is 6.09 Å². The third-order valence-electron chi connectivity index (χ3n) is 1.62. The second-order valence-corrected chi connectivity index (χ2v) is 2.80. The van der Waals surface area contributed by atoms with Gasteiger partial charge in [0.15, 0.2) is 0 Å². The lowest BCUT2D eigenvalue weighted by atomic mass is 10.4. The van der Waals surface area contributed by atoms with Crippen molar-refractivity contribution in [2.24, 2.45) is 0 Å². The number of unbranched alkanes of at least 4 members (excludes halogenated alkanes) is 1. The first kappa shape index (κ1) is 11.1. The Bertz CT molecular complexity index is 401. The molecule has 0 saturated carbocycles. The topological polar surface area (TPSA) is 109 Å². The molecule has 0 atom stereocenters. The minimum Gasteiger partial charge on any atom is -0.448 e. The normalized spacial score (nSPS) is 9.93. The molecule has 1 heterocycles. The maximum absolute atomic E-state index is 11.0. The molecule has 1 aromatic heterocycles. The van der Waals surface area contributed by atoms with Gasteiger partial charge in [0.2, 0.25) is 0 Å². The van der Waals surface area contributed by atoms with E-state index in [-0.39, 0.29) is 6.61 Å². The van der Waals surface area contributed by atoms with E-state index in [0.29, 0.717) is 4.68 Å². The number of carbonyl (C=O) groups is 1. The molecule has 0 aliphatic heterocycles. The molecule has 84 valence electrons. The number of aromatic nitrogens is 3. The van der Waals surface area contributed by atoms with Gasteiger partial charge in [-0.2, -0.15) is 0 Å². The Kier molecular flexibility index (Phi) is 3.72. The molecule has 0 aromatic carbocycles. The van der Waals surface area contributed by atoms with Crippen molar-refractivity contribution < 1.29 is 9.53 Å². The van der Waals surface area contributed by atoms with E-state index in [1.165, 1.54) is 0 Å². The van der Waals surface area contributed by atoms with Crippen molar-refractivity contribution in [3.8, 4) is 0 Å². The fraction of sp³-hybridized carbons (Fsp3) is 0.571. The zero-order chi connectivity index (χ0) is 11.3. The van der Waals surface area contributed by atoms with Gasteiger partial charge in [0.1, 0.15) is 0 Å². The Hall–Kier alpha value is -1.99. The minimum absolute atomic E-state index is 0.249. The number of rotatable bonds is 4. The number of hydrogen-bond donors (Lipinski definition) is 3. The summed E-state index contributed by atoms with van der Waals surface area (Å²) in [6, 6.07) is 0. The van der Waals surface area contributed by atoms with Crippen molar-refractivity contribution in [2.45, 2.75) is 19.8 Å². The molecular formula is C7H12N4O4. The molecule has 1 rings (SSSR count). The predicted molar refractivity (Wildman–Crippen MR) is 51.3 cm³/mol. The molecule has 1 amide bonds. The highest BCUT2D eigenvalue weighted by atomic mass is 16.6. The molecule has 0 unspecified atom stereocenters. The summed E-state index contributed by atoms with van der Waals surface area (Å²) in [6.07, 6.45) is 0.777. The lowest BCUT2D eigenvalue weighted by molar-refractivity contribution is 0.156. The zero-order valence-corrected chi connectivity index (χ0v) is 8.20. The molecule has 8 heteroatoms. The van der Waals surface area contributed by atoms with E-state index < -0.39 is 17.5 Å². The molecule has 3 N–H and O–H groups in total. The Morgan fingerprint density at radius 1 is 1.40 bits per heavy atom. The summed E-state index contributed by atoms with van der Waals surface area (Å²) in [5.41, 5.74) is 0.471. The van der Waals surface area contributed by atoms with Crippen LogP contribution in [-0.4, -0.2) is 27.6 Å². The van der Waals surface area contributed by atoms with Gasteiger partial charge in [-0.05, 0) is 6.42 Å². The monoisotopic (exact) mass is 216 g/mol. The predicted octanol–water partition coefficient (Wildman–Crippen LogP) is -0.655. The lowest BCUT2D eigenvalue weighted by Gasteiger charge is -2.04.